The van der Waals surface area contributed by atoms with Gasteiger partial charge in [-0.3, -0.25) is 0 Å². The van der Waals surface area contributed by atoms with Crippen LogP contribution in [-0.4, -0.2) is 25.3 Å². The summed E-state index contributed by atoms with van der Waals surface area (Å²) in [6.07, 6.45) is 0.711. The molecule has 1 atom stereocenters. The molecule has 0 aliphatic rings. The summed E-state index contributed by atoms with van der Waals surface area (Å²) in [4.78, 5) is 2.22. The van der Waals surface area contributed by atoms with E-state index in [1.54, 1.807) is 0 Å². The molecule has 2 aromatic carbocycles. The molecule has 3 nitrogen and oxygen atoms in total. The van der Waals surface area contributed by atoms with Crippen LogP contribution in [0.3, 0.4) is 0 Å². The molecule has 0 fully saturated rings. The Hall–Kier alpha value is -2.00. The molecule has 22 heavy (non-hydrogen) atoms. The zero-order chi connectivity index (χ0) is 15.9. The van der Waals surface area contributed by atoms with Gasteiger partial charge in [-0.2, -0.15) is 0 Å². The lowest BCUT2D eigenvalue weighted by Crippen LogP contribution is -2.15. The standard InChI is InChI=1S/C19H26N2O/c1-4-21(3)19-11-7-17(8-12-19)15(2)20-18-9-5-16(6-10-18)13-14-22/h5-12,15,20,22H,4,13-14H2,1-3H3. The number of nitrogens with one attached hydrogen (secondary N) is 1. The Morgan fingerprint density at radius 2 is 1.68 bits per heavy atom. The second-order valence-corrected chi connectivity index (χ2v) is 5.64. The molecule has 3 heteroatoms. The number of nitrogens with zero attached hydrogens (tertiary/aromatic N) is 1. The molecule has 1 unspecified atom stereocenters. The van der Waals surface area contributed by atoms with Gasteiger partial charge in [-0.1, -0.05) is 24.3 Å². The Kier molecular flexibility index (Phi) is 5.84. The zero-order valence-electron chi connectivity index (χ0n) is 13.7. The maximum atomic E-state index is 8.94. The van der Waals surface area contributed by atoms with Crippen LogP contribution in [0.1, 0.15) is 31.0 Å². The summed E-state index contributed by atoms with van der Waals surface area (Å²) in [6.45, 7) is 5.52. The molecule has 2 rings (SSSR count). The zero-order valence-corrected chi connectivity index (χ0v) is 13.7. The first-order chi connectivity index (χ1) is 10.6. The van der Waals surface area contributed by atoms with Crippen molar-refractivity contribution in [2.45, 2.75) is 26.3 Å². The van der Waals surface area contributed by atoms with Crippen molar-refractivity contribution < 1.29 is 5.11 Å². The van der Waals surface area contributed by atoms with E-state index in [2.05, 4.69) is 79.6 Å². The Bertz CT molecular complexity index is 563. The second-order valence-electron chi connectivity index (χ2n) is 5.64. The SMILES string of the molecule is CCN(C)c1ccc(C(C)Nc2ccc(CCO)cc2)cc1. The van der Waals surface area contributed by atoms with E-state index in [4.69, 9.17) is 5.11 Å². The Morgan fingerprint density at radius 3 is 2.23 bits per heavy atom. The normalized spacial score (nSPS) is 12.0. The van der Waals surface area contributed by atoms with E-state index in [0.717, 1.165) is 17.8 Å². The molecule has 2 N–H and O–H groups in total. The number of benzene rings is 2. The van der Waals surface area contributed by atoms with Crippen LogP contribution < -0.4 is 10.2 Å². The Balaban J connectivity index is 2.00. The van der Waals surface area contributed by atoms with E-state index in [9.17, 15) is 0 Å². The Morgan fingerprint density at radius 1 is 1.05 bits per heavy atom. The number of rotatable bonds is 7. The van der Waals surface area contributed by atoms with Crippen LogP contribution in [0.2, 0.25) is 0 Å². The molecule has 0 aromatic heterocycles. The molecule has 0 spiro atoms. The lowest BCUT2D eigenvalue weighted by Gasteiger charge is -2.19. The average Bonchev–Trinajstić information content (AvgIpc) is 2.56. The van der Waals surface area contributed by atoms with Crippen LogP contribution in [0.15, 0.2) is 48.5 Å². The highest BCUT2D eigenvalue weighted by Gasteiger charge is 2.06. The van der Waals surface area contributed by atoms with Gasteiger partial charge in [0, 0.05) is 37.6 Å². The number of aliphatic hydroxyl groups is 1. The maximum absolute atomic E-state index is 8.94. The van der Waals surface area contributed by atoms with Crippen LogP contribution in [0.4, 0.5) is 11.4 Å². The molecule has 0 aliphatic heterocycles. The minimum atomic E-state index is 0.196. The molecule has 0 saturated carbocycles. The highest BCUT2D eigenvalue weighted by atomic mass is 16.2. The van der Waals surface area contributed by atoms with E-state index in [1.165, 1.54) is 11.3 Å². The summed E-state index contributed by atoms with van der Waals surface area (Å²) in [5, 5.41) is 12.5. The van der Waals surface area contributed by atoms with E-state index in [-0.39, 0.29) is 12.6 Å². The molecule has 0 aliphatic carbocycles. The lowest BCUT2D eigenvalue weighted by atomic mass is 10.1. The first-order valence-electron chi connectivity index (χ1n) is 7.91. The third-order valence-corrected chi connectivity index (χ3v) is 4.05. The molecule has 0 saturated heterocycles. The average molecular weight is 298 g/mol. The topological polar surface area (TPSA) is 35.5 Å². The Labute approximate surface area is 133 Å². The van der Waals surface area contributed by atoms with Gasteiger partial charge in [0.25, 0.3) is 0 Å². The molecule has 118 valence electrons. The lowest BCUT2D eigenvalue weighted by molar-refractivity contribution is 0.299. The van der Waals surface area contributed by atoms with Gasteiger partial charge in [-0.25, -0.2) is 0 Å². The summed E-state index contributed by atoms with van der Waals surface area (Å²) in [5.74, 6) is 0. The van der Waals surface area contributed by atoms with Gasteiger partial charge in [-0.15, -0.1) is 0 Å². The quantitative estimate of drug-likeness (QED) is 0.815. The predicted octanol–water partition coefficient (Wildman–Crippen LogP) is 3.85. The number of hydrogen-bond acceptors (Lipinski definition) is 3. The molecular formula is C19H26N2O. The van der Waals surface area contributed by atoms with Crippen molar-refractivity contribution in [2.24, 2.45) is 0 Å². The van der Waals surface area contributed by atoms with Crippen molar-refractivity contribution in [3.8, 4) is 0 Å². The number of hydrogen-bond donors (Lipinski definition) is 2. The second kappa shape index (κ2) is 7.85. The predicted molar refractivity (Wildman–Crippen MR) is 94.7 cm³/mol. The van der Waals surface area contributed by atoms with Crippen LogP contribution >= 0.6 is 0 Å². The maximum Gasteiger partial charge on any atom is 0.0485 e. The third-order valence-electron chi connectivity index (χ3n) is 4.05. The van der Waals surface area contributed by atoms with Gasteiger partial charge in [0.15, 0.2) is 0 Å². The fourth-order valence-corrected chi connectivity index (χ4v) is 2.43. The summed E-state index contributed by atoms with van der Waals surface area (Å²) < 4.78 is 0. The van der Waals surface area contributed by atoms with Crippen molar-refractivity contribution in [3.05, 3.63) is 59.7 Å². The van der Waals surface area contributed by atoms with Crippen LogP contribution in [0.25, 0.3) is 0 Å². The van der Waals surface area contributed by atoms with Gasteiger partial charge in [0.05, 0.1) is 0 Å². The molecule has 0 amide bonds. The fraction of sp³-hybridized carbons (Fsp3) is 0.368. The van der Waals surface area contributed by atoms with Crippen molar-refractivity contribution in [1.82, 2.24) is 0 Å². The largest absolute Gasteiger partial charge is 0.396 e. The fourth-order valence-electron chi connectivity index (χ4n) is 2.43. The van der Waals surface area contributed by atoms with Gasteiger partial charge in [0.2, 0.25) is 0 Å². The van der Waals surface area contributed by atoms with E-state index < -0.39 is 0 Å². The van der Waals surface area contributed by atoms with Gasteiger partial charge in [-0.05, 0) is 55.7 Å². The van der Waals surface area contributed by atoms with Crippen LogP contribution in [0, 0.1) is 0 Å². The van der Waals surface area contributed by atoms with Gasteiger partial charge in [0.1, 0.15) is 0 Å². The third kappa shape index (κ3) is 4.25. The van der Waals surface area contributed by atoms with Gasteiger partial charge < -0.3 is 15.3 Å². The minimum Gasteiger partial charge on any atom is -0.396 e. The highest BCUT2D eigenvalue weighted by Crippen LogP contribution is 2.22. The summed E-state index contributed by atoms with van der Waals surface area (Å²) in [7, 11) is 2.10. The highest BCUT2D eigenvalue weighted by molar-refractivity contribution is 5.50. The molecule has 0 bridgehead atoms. The van der Waals surface area contributed by atoms with Crippen molar-refractivity contribution >= 4 is 11.4 Å². The number of aliphatic hydroxyl groups excluding tert-OH is 1. The van der Waals surface area contributed by atoms with Gasteiger partial charge >= 0.3 is 0 Å². The molecule has 2 aromatic rings. The molecule has 0 heterocycles. The smallest absolute Gasteiger partial charge is 0.0485 e. The molecule has 0 radical (unpaired) electrons. The molecular weight excluding hydrogens is 272 g/mol. The summed E-state index contributed by atoms with van der Waals surface area (Å²) >= 11 is 0. The van der Waals surface area contributed by atoms with Crippen molar-refractivity contribution in [1.29, 1.82) is 0 Å². The number of anilines is 2. The van der Waals surface area contributed by atoms with E-state index in [0.29, 0.717) is 6.42 Å². The van der Waals surface area contributed by atoms with Crippen molar-refractivity contribution in [3.63, 3.8) is 0 Å². The summed E-state index contributed by atoms with van der Waals surface area (Å²) in [6, 6.07) is 17.2. The van der Waals surface area contributed by atoms with E-state index >= 15 is 0 Å². The van der Waals surface area contributed by atoms with Crippen LogP contribution in [-0.2, 0) is 6.42 Å². The van der Waals surface area contributed by atoms with E-state index in [1.807, 2.05) is 0 Å². The van der Waals surface area contributed by atoms with Crippen LogP contribution in [0.5, 0.6) is 0 Å². The first-order valence-corrected chi connectivity index (χ1v) is 7.91. The monoisotopic (exact) mass is 298 g/mol. The first kappa shape index (κ1) is 16.4. The summed E-state index contributed by atoms with van der Waals surface area (Å²) in [5.41, 5.74) is 4.77. The minimum absolute atomic E-state index is 0.196. The van der Waals surface area contributed by atoms with Crippen molar-refractivity contribution in [2.75, 3.05) is 30.4 Å².